The monoisotopic (exact) mass is 250 g/mol. The van der Waals surface area contributed by atoms with Crippen molar-refractivity contribution in [3.05, 3.63) is 35.1 Å². The lowest BCUT2D eigenvalue weighted by atomic mass is 10.1. The number of carbonyl (C=O) groups excluding carboxylic acids is 1. The van der Waals surface area contributed by atoms with Crippen molar-refractivity contribution < 1.29 is 23.8 Å². The Morgan fingerprint density at radius 2 is 2.17 bits per heavy atom. The first-order chi connectivity index (χ1) is 8.52. The van der Waals surface area contributed by atoms with Crippen LogP contribution in [0, 0.1) is 17.7 Å². The molecule has 18 heavy (non-hydrogen) atoms. The molecule has 0 unspecified atom stereocenters. The zero-order chi connectivity index (χ0) is 13.5. The molecule has 0 fully saturated rings. The van der Waals surface area contributed by atoms with Crippen molar-refractivity contribution in [2.75, 3.05) is 7.11 Å². The van der Waals surface area contributed by atoms with Crippen LogP contribution in [-0.4, -0.2) is 24.2 Å². The molecule has 0 spiro atoms. The quantitative estimate of drug-likeness (QED) is 0.650. The Morgan fingerprint density at radius 1 is 1.44 bits per heavy atom. The van der Waals surface area contributed by atoms with E-state index in [0.29, 0.717) is 5.56 Å². The Labute approximate surface area is 103 Å². The Balaban J connectivity index is 2.87. The minimum absolute atomic E-state index is 0.0673. The molecule has 0 aliphatic rings. The second kappa shape index (κ2) is 6.40. The summed E-state index contributed by atoms with van der Waals surface area (Å²) in [7, 11) is 1.23. The summed E-state index contributed by atoms with van der Waals surface area (Å²) in [6.07, 6.45) is -0.342. The number of halogens is 1. The number of hydrogen-bond donors (Lipinski definition) is 1. The molecule has 0 atom stereocenters. The molecule has 1 aromatic carbocycles. The fraction of sp³-hybridized carbons (Fsp3) is 0.231. The predicted molar refractivity (Wildman–Crippen MR) is 61.3 cm³/mol. The smallest absolute Gasteiger partial charge is 0.317 e. The van der Waals surface area contributed by atoms with E-state index in [2.05, 4.69) is 16.6 Å². The maximum absolute atomic E-state index is 13.3. The maximum atomic E-state index is 13.3. The molecule has 0 bridgehead atoms. The van der Waals surface area contributed by atoms with Crippen LogP contribution in [0.1, 0.15) is 17.5 Å². The number of carboxylic acid groups (broad SMARTS) is 1. The number of benzene rings is 1. The van der Waals surface area contributed by atoms with Crippen molar-refractivity contribution in [3.63, 3.8) is 0 Å². The summed E-state index contributed by atoms with van der Waals surface area (Å²) in [6.45, 7) is 0. The van der Waals surface area contributed by atoms with Crippen LogP contribution in [0.15, 0.2) is 18.2 Å². The molecule has 0 aliphatic heterocycles. The van der Waals surface area contributed by atoms with Crippen LogP contribution in [0.2, 0.25) is 0 Å². The number of methoxy groups -OCH3 is 1. The number of carboxylic acids is 1. The standard InChI is InChI=1S/C13H11FO4/c1-18-13(17)4-2-3-10-7-9(8-12(15)16)5-6-11(10)14/h5-7H,4,8H2,1H3,(H,15,16). The Hall–Kier alpha value is -2.35. The van der Waals surface area contributed by atoms with Crippen molar-refractivity contribution >= 4 is 11.9 Å². The Kier molecular flexibility index (Phi) is 4.88. The van der Waals surface area contributed by atoms with Crippen molar-refractivity contribution in [3.8, 4) is 11.8 Å². The normalized spacial score (nSPS) is 9.22. The summed E-state index contributed by atoms with van der Waals surface area (Å²) in [4.78, 5) is 21.3. The van der Waals surface area contributed by atoms with E-state index in [4.69, 9.17) is 5.11 Å². The topological polar surface area (TPSA) is 63.6 Å². The van der Waals surface area contributed by atoms with E-state index in [1.165, 1.54) is 19.2 Å². The van der Waals surface area contributed by atoms with Crippen molar-refractivity contribution in [2.45, 2.75) is 12.8 Å². The number of carbonyl (C=O) groups is 2. The molecule has 1 aromatic rings. The van der Waals surface area contributed by atoms with Crippen LogP contribution < -0.4 is 0 Å². The summed E-state index contributed by atoms with van der Waals surface area (Å²) in [5.74, 6) is 2.87. The highest BCUT2D eigenvalue weighted by Crippen LogP contribution is 2.10. The summed E-state index contributed by atoms with van der Waals surface area (Å²) >= 11 is 0. The zero-order valence-corrected chi connectivity index (χ0v) is 9.70. The lowest BCUT2D eigenvalue weighted by molar-refractivity contribution is -0.139. The number of aliphatic carboxylic acids is 1. The minimum Gasteiger partial charge on any atom is -0.481 e. The van der Waals surface area contributed by atoms with E-state index < -0.39 is 17.8 Å². The highest BCUT2D eigenvalue weighted by Gasteiger charge is 2.04. The molecule has 0 saturated carbocycles. The summed E-state index contributed by atoms with van der Waals surface area (Å²) < 4.78 is 17.7. The third-order valence-electron chi connectivity index (χ3n) is 2.07. The van der Waals surface area contributed by atoms with Gasteiger partial charge < -0.3 is 9.84 Å². The van der Waals surface area contributed by atoms with Crippen LogP contribution in [0.25, 0.3) is 0 Å². The van der Waals surface area contributed by atoms with Gasteiger partial charge in [-0.3, -0.25) is 9.59 Å². The van der Waals surface area contributed by atoms with E-state index in [-0.39, 0.29) is 18.4 Å². The lowest BCUT2D eigenvalue weighted by Crippen LogP contribution is -2.01. The second-order valence-electron chi connectivity index (χ2n) is 3.44. The van der Waals surface area contributed by atoms with Gasteiger partial charge in [-0.1, -0.05) is 17.9 Å². The molecule has 0 amide bonds. The fourth-order valence-corrected chi connectivity index (χ4v) is 1.24. The van der Waals surface area contributed by atoms with E-state index in [1.54, 1.807) is 0 Å². The van der Waals surface area contributed by atoms with Crippen molar-refractivity contribution in [2.24, 2.45) is 0 Å². The van der Waals surface area contributed by atoms with Gasteiger partial charge in [-0.25, -0.2) is 4.39 Å². The van der Waals surface area contributed by atoms with E-state index in [0.717, 1.165) is 6.07 Å². The summed E-state index contributed by atoms with van der Waals surface area (Å²) in [6, 6.07) is 3.89. The maximum Gasteiger partial charge on any atom is 0.317 e. The van der Waals surface area contributed by atoms with E-state index >= 15 is 0 Å². The number of ether oxygens (including phenoxy) is 1. The molecule has 0 saturated heterocycles. The minimum atomic E-state index is -1.00. The molecule has 0 radical (unpaired) electrons. The second-order valence-corrected chi connectivity index (χ2v) is 3.44. The number of rotatable bonds is 3. The molecule has 0 aliphatic carbocycles. The van der Waals surface area contributed by atoms with Crippen molar-refractivity contribution in [1.82, 2.24) is 0 Å². The zero-order valence-electron chi connectivity index (χ0n) is 9.70. The largest absolute Gasteiger partial charge is 0.481 e. The van der Waals surface area contributed by atoms with Crippen molar-refractivity contribution in [1.29, 1.82) is 0 Å². The first-order valence-electron chi connectivity index (χ1n) is 5.09. The SMILES string of the molecule is COC(=O)CC#Cc1cc(CC(=O)O)ccc1F. The van der Waals surface area contributed by atoms with E-state index in [1.807, 2.05) is 0 Å². The van der Waals surface area contributed by atoms with Crippen LogP contribution >= 0.6 is 0 Å². The summed E-state index contributed by atoms with van der Waals surface area (Å²) in [5.41, 5.74) is 0.518. The lowest BCUT2D eigenvalue weighted by Gasteiger charge is -1.99. The van der Waals surface area contributed by atoms with Crippen LogP contribution in [0.4, 0.5) is 4.39 Å². The van der Waals surface area contributed by atoms with Gasteiger partial charge in [0.1, 0.15) is 12.2 Å². The van der Waals surface area contributed by atoms with Crippen LogP contribution in [0.5, 0.6) is 0 Å². The summed E-state index contributed by atoms with van der Waals surface area (Å²) in [5, 5.41) is 8.62. The molecular formula is C13H11FO4. The van der Waals surface area contributed by atoms with Crippen LogP contribution in [-0.2, 0) is 20.7 Å². The Bertz CT molecular complexity index is 526. The molecule has 1 rings (SSSR count). The average molecular weight is 250 g/mol. The van der Waals surface area contributed by atoms with Gasteiger partial charge in [0.05, 0.1) is 19.1 Å². The van der Waals surface area contributed by atoms with Gasteiger partial charge in [0, 0.05) is 0 Å². The third-order valence-corrected chi connectivity index (χ3v) is 2.07. The first-order valence-corrected chi connectivity index (χ1v) is 5.09. The predicted octanol–water partition coefficient (Wildman–Crippen LogP) is 1.37. The average Bonchev–Trinajstić information content (AvgIpc) is 2.32. The first kappa shape index (κ1) is 13.7. The van der Waals surface area contributed by atoms with E-state index in [9.17, 15) is 14.0 Å². The molecule has 5 heteroatoms. The molecule has 94 valence electrons. The van der Waals surface area contributed by atoms with Gasteiger partial charge in [-0.15, -0.1) is 0 Å². The fourth-order valence-electron chi connectivity index (χ4n) is 1.24. The molecule has 0 heterocycles. The van der Waals surface area contributed by atoms with Gasteiger partial charge in [-0.2, -0.15) is 0 Å². The molecule has 0 aromatic heterocycles. The number of esters is 1. The molecule has 1 N–H and O–H groups in total. The third kappa shape index (κ3) is 4.26. The Morgan fingerprint density at radius 3 is 2.78 bits per heavy atom. The van der Waals surface area contributed by atoms with Gasteiger partial charge in [-0.05, 0) is 17.7 Å². The number of hydrogen-bond acceptors (Lipinski definition) is 3. The highest BCUT2D eigenvalue weighted by molar-refractivity contribution is 5.72. The van der Waals surface area contributed by atoms with Gasteiger partial charge in [0.15, 0.2) is 0 Å². The van der Waals surface area contributed by atoms with Gasteiger partial charge in [0.25, 0.3) is 0 Å². The molecule has 4 nitrogen and oxygen atoms in total. The van der Waals surface area contributed by atoms with Gasteiger partial charge in [0.2, 0.25) is 0 Å². The van der Waals surface area contributed by atoms with Gasteiger partial charge >= 0.3 is 11.9 Å². The highest BCUT2D eigenvalue weighted by atomic mass is 19.1. The van der Waals surface area contributed by atoms with Crippen LogP contribution in [0.3, 0.4) is 0 Å². The molecular weight excluding hydrogens is 239 g/mol.